The van der Waals surface area contributed by atoms with Crippen LogP contribution in [0, 0.1) is 5.92 Å². The third-order valence-corrected chi connectivity index (χ3v) is 5.77. The minimum Gasteiger partial charge on any atom is -0.367 e. The van der Waals surface area contributed by atoms with Crippen LogP contribution in [0.4, 0.5) is 33.5 Å². The molecule has 8 nitrogen and oxygen atoms in total. The van der Waals surface area contributed by atoms with E-state index in [9.17, 15) is 26.7 Å². The number of anilines is 2. The van der Waals surface area contributed by atoms with Gasteiger partial charge in [0.25, 0.3) is 11.8 Å². The molecule has 1 saturated heterocycles. The number of aromatic nitrogens is 2. The van der Waals surface area contributed by atoms with E-state index in [1.165, 1.54) is 24.4 Å². The Kier molecular flexibility index (Phi) is 8.12. The van der Waals surface area contributed by atoms with Gasteiger partial charge in [-0.3, -0.25) is 4.79 Å². The summed E-state index contributed by atoms with van der Waals surface area (Å²) in [7, 11) is 0. The number of nitrogens with one attached hydrogen (secondary N) is 1. The molecule has 3 rings (SSSR count). The molecule has 0 saturated carbocycles. The van der Waals surface area contributed by atoms with Crippen molar-refractivity contribution in [2.24, 2.45) is 16.1 Å². The van der Waals surface area contributed by atoms with Gasteiger partial charge in [-0.25, -0.2) is 18.7 Å². The minimum absolute atomic E-state index is 0.00249. The fraction of sp³-hybridized carbons (Fsp3) is 0.409. The molecule has 1 N–H and O–H groups in total. The van der Waals surface area contributed by atoms with E-state index in [2.05, 4.69) is 32.2 Å². The number of carbonyl (C=O) groups excluding carboxylic acids is 1. The summed E-state index contributed by atoms with van der Waals surface area (Å²) in [5.41, 5.74) is -1.01. The molecule has 1 aromatic heterocycles. The Morgan fingerprint density at radius 3 is 2.67 bits per heavy atom. The summed E-state index contributed by atoms with van der Waals surface area (Å²) >= 11 is 6.10. The molecule has 2 atom stereocenters. The first kappa shape index (κ1) is 27.2. The van der Waals surface area contributed by atoms with Crippen LogP contribution in [0.5, 0.6) is 0 Å². The number of amides is 1. The van der Waals surface area contributed by atoms with Gasteiger partial charge in [-0.05, 0) is 31.0 Å². The predicted octanol–water partition coefficient (Wildman–Crippen LogP) is 5.17. The van der Waals surface area contributed by atoms with Gasteiger partial charge in [0, 0.05) is 30.9 Å². The Balaban J connectivity index is 1.92. The maximum Gasteiger partial charge on any atom is 0.434 e. The van der Waals surface area contributed by atoms with E-state index in [4.69, 9.17) is 11.6 Å². The van der Waals surface area contributed by atoms with Gasteiger partial charge in [0.05, 0.1) is 36.2 Å². The van der Waals surface area contributed by atoms with E-state index in [0.29, 0.717) is 6.20 Å². The van der Waals surface area contributed by atoms with Crippen molar-refractivity contribution in [3.63, 3.8) is 0 Å². The van der Waals surface area contributed by atoms with E-state index in [0.717, 1.165) is 16.2 Å². The number of halogens is 6. The van der Waals surface area contributed by atoms with Crippen LogP contribution >= 0.6 is 11.6 Å². The molecular weight excluding hydrogens is 509 g/mol. The van der Waals surface area contributed by atoms with Gasteiger partial charge in [-0.1, -0.05) is 18.5 Å². The molecule has 0 bridgehead atoms. The van der Waals surface area contributed by atoms with Crippen LogP contribution in [0.25, 0.3) is 0 Å². The molecule has 14 heteroatoms. The van der Waals surface area contributed by atoms with Crippen molar-refractivity contribution < 1.29 is 26.7 Å². The molecule has 194 valence electrons. The van der Waals surface area contributed by atoms with Gasteiger partial charge in [0.15, 0.2) is 5.69 Å². The number of likely N-dealkylation sites (tertiary alicyclic amines) is 1. The number of benzene rings is 1. The molecular formula is C22H23ClF5N7O. The van der Waals surface area contributed by atoms with Crippen molar-refractivity contribution in [3.05, 3.63) is 46.9 Å². The first-order chi connectivity index (χ1) is 16.9. The first-order valence-corrected chi connectivity index (χ1v) is 11.1. The fourth-order valence-corrected chi connectivity index (χ4v) is 4.12. The third-order valence-electron chi connectivity index (χ3n) is 5.54. The zero-order chi connectivity index (χ0) is 26.7. The standard InChI is InChI=1S/C22H23ClF5N7O/c1-4-33-35(29-3)16-6-5-14(23)7-15(16)20(36)34-12-21(24,25)8-13(2)17(34)9-31-19-11-30-18(10-32-19)22(26,27)28/h4-7,10-11,13,17H,3,8-9,12H2,1-2H3,(H,31,32)/b33-4-/t13-,17?/m1/s1. The Bertz CT molecular complexity index is 1130. The molecule has 2 heterocycles. The second-order valence-electron chi connectivity index (χ2n) is 8.17. The average Bonchev–Trinajstić information content (AvgIpc) is 2.80. The van der Waals surface area contributed by atoms with Gasteiger partial charge in [-0.15, -0.1) is 0 Å². The van der Waals surface area contributed by atoms with Crippen LogP contribution in [0.1, 0.15) is 36.3 Å². The summed E-state index contributed by atoms with van der Waals surface area (Å²) < 4.78 is 67.4. The van der Waals surface area contributed by atoms with Crippen molar-refractivity contribution in [1.82, 2.24) is 14.9 Å². The lowest BCUT2D eigenvalue weighted by molar-refractivity contribution is -0.141. The van der Waals surface area contributed by atoms with Crippen LogP contribution < -0.4 is 10.4 Å². The van der Waals surface area contributed by atoms with Crippen molar-refractivity contribution in [2.75, 3.05) is 23.5 Å². The minimum atomic E-state index is -4.65. The number of nitrogens with zero attached hydrogens (tertiary/aromatic N) is 6. The van der Waals surface area contributed by atoms with E-state index in [1.807, 2.05) is 0 Å². The van der Waals surface area contributed by atoms with E-state index >= 15 is 0 Å². The molecule has 1 aromatic carbocycles. The van der Waals surface area contributed by atoms with Crippen LogP contribution in [0.2, 0.25) is 5.02 Å². The fourth-order valence-electron chi connectivity index (χ4n) is 3.95. The molecule has 36 heavy (non-hydrogen) atoms. The summed E-state index contributed by atoms with van der Waals surface area (Å²) in [4.78, 5) is 21.7. The van der Waals surface area contributed by atoms with Crippen molar-refractivity contribution in [3.8, 4) is 0 Å². The van der Waals surface area contributed by atoms with Gasteiger partial charge < -0.3 is 10.2 Å². The zero-order valence-corrected chi connectivity index (χ0v) is 20.1. The van der Waals surface area contributed by atoms with E-state index in [-0.39, 0.29) is 28.6 Å². The molecule has 1 aliphatic heterocycles. The van der Waals surface area contributed by atoms with E-state index in [1.54, 1.807) is 13.8 Å². The Labute approximate surface area is 208 Å². The largest absolute Gasteiger partial charge is 0.434 e. The lowest BCUT2D eigenvalue weighted by atomic mass is 9.87. The molecule has 0 aliphatic carbocycles. The highest BCUT2D eigenvalue weighted by molar-refractivity contribution is 6.31. The number of alkyl halides is 5. The van der Waals surface area contributed by atoms with Crippen molar-refractivity contribution in [1.29, 1.82) is 0 Å². The lowest BCUT2D eigenvalue weighted by Gasteiger charge is -2.43. The van der Waals surface area contributed by atoms with Crippen molar-refractivity contribution >= 4 is 41.9 Å². The highest BCUT2D eigenvalue weighted by Crippen LogP contribution is 2.37. The van der Waals surface area contributed by atoms with Crippen LogP contribution in [-0.4, -0.2) is 58.8 Å². The molecule has 1 fully saturated rings. The Morgan fingerprint density at radius 1 is 1.36 bits per heavy atom. The molecule has 0 radical (unpaired) electrons. The maximum absolute atomic E-state index is 14.6. The summed E-state index contributed by atoms with van der Waals surface area (Å²) in [5.74, 6) is -4.57. The quantitative estimate of drug-likeness (QED) is 0.302. The molecule has 1 aliphatic rings. The van der Waals surface area contributed by atoms with Gasteiger partial charge >= 0.3 is 6.18 Å². The number of hydrogen-bond acceptors (Lipinski definition) is 7. The molecule has 2 aromatic rings. The number of carbonyl (C=O) groups is 1. The highest BCUT2D eigenvalue weighted by atomic mass is 35.5. The monoisotopic (exact) mass is 531 g/mol. The topological polar surface area (TPSA) is 86.1 Å². The highest BCUT2D eigenvalue weighted by Gasteiger charge is 2.46. The molecule has 1 unspecified atom stereocenters. The van der Waals surface area contributed by atoms with Crippen molar-refractivity contribution in [2.45, 2.75) is 38.4 Å². The molecule has 0 spiro atoms. The average molecular weight is 532 g/mol. The number of hydrazone groups is 2. The zero-order valence-electron chi connectivity index (χ0n) is 19.3. The summed E-state index contributed by atoms with van der Waals surface area (Å²) in [6.45, 7) is 5.67. The second-order valence-corrected chi connectivity index (χ2v) is 8.61. The normalized spacial score (nSPS) is 19.8. The van der Waals surface area contributed by atoms with E-state index < -0.39 is 48.6 Å². The van der Waals surface area contributed by atoms with Crippen LogP contribution in [-0.2, 0) is 6.18 Å². The van der Waals surface area contributed by atoms with Crippen LogP contribution in [0.15, 0.2) is 40.8 Å². The van der Waals surface area contributed by atoms with Crippen LogP contribution in [0.3, 0.4) is 0 Å². The number of piperidine rings is 1. The second kappa shape index (κ2) is 10.7. The number of hydrogen-bond donors (Lipinski definition) is 1. The van der Waals surface area contributed by atoms with Gasteiger partial charge in [-0.2, -0.15) is 28.5 Å². The van der Waals surface area contributed by atoms with Gasteiger partial charge in [0.1, 0.15) is 5.82 Å². The maximum atomic E-state index is 14.6. The van der Waals surface area contributed by atoms with Gasteiger partial charge in [0.2, 0.25) is 0 Å². The summed E-state index contributed by atoms with van der Waals surface area (Å²) in [5, 5.41) is 11.8. The predicted molar refractivity (Wildman–Crippen MR) is 127 cm³/mol. The first-order valence-electron chi connectivity index (χ1n) is 10.7. The Morgan fingerprint density at radius 2 is 2.08 bits per heavy atom. The third kappa shape index (κ3) is 6.25. The number of rotatable bonds is 7. The Hall–Kier alpha value is -3.35. The lowest BCUT2D eigenvalue weighted by Crippen LogP contribution is -2.57. The summed E-state index contributed by atoms with van der Waals surface area (Å²) in [6.07, 6.45) is -2.27. The molecule has 1 amide bonds. The SMILES string of the molecule is C=NN(/N=C\C)c1ccc(Cl)cc1C(=O)N1CC(F)(F)C[C@@H](C)C1CNc1cnc(C(F)(F)F)cn1. The summed E-state index contributed by atoms with van der Waals surface area (Å²) in [6, 6.07) is 3.53. The smallest absolute Gasteiger partial charge is 0.367 e.